The molecule has 9 heteroatoms. The zero-order chi connectivity index (χ0) is 25.2. The maximum Gasteiger partial charge on any atom is 0.262 e. The van der Waals surface area contributed by atoms with Crippen molar-refractivity contribution in [2.24, 2.45) is 10.1 Å². The molecule has 0 saturated heterocycles. The highest BCUT2D eigenvalue weighted by molar-refractivity contribution is 8.15. The highest BCUT2D eigenvalue weighted by Crippen LogP contribution is 2.38. The molecule has 3 aromatic carbocycles. The molecule has 1 N–H and O–H groups in total. The molecule has 3 aromatic rings. The van der Waals surface area contributed by atoms with E-state index in [0.29, 0.717) is 11.6 Å². The molecule has 2 aliphatic heterocycles. The van der Waals surface area contributed by atoms with Crippen LogP contribution in [0.1, 0.15) is 35.6 Å². The molecule has 0 bridgehead atoms. The summed E-state index contributed by atoms with van der Waals surface area (Å²) in [5.74, 6) is -2.99. The number of hydrogen-bond acceptors (Lipinski definition) is 5. The number of carbonyl (C=O) groups is 2. The summed E-state index contributed by atoms with van der Waals surface area (Å²) in [4.78, 5) is 29.4. The number of benzene rings is 3. The van der Waals surface area contributed by atoms with Crippen molar-refractivity contribution in [1.82, 2.24) is 5.01 Å². The summed E-state index contributed by atoms with van der Waals surface area (Å²) in [6.07, 6.45) is 0.482. The second kappa shape index (κ2) is 10.0. The summed E-state index contributed by atoms with van der Waals surface area (Å²) in [6.45, 7) is 2.03. The minimum atomic E-state index is -1.06. The van der Waals surface area contributed by atoms with Gasteiger partial charge in [-0.15, -0.1) is 0 Å². The lowest BCUT2D eigenvalue weighted by molar-refractivity contribution is -0.121. The smallest absolute Gasteiger partial charge is 0.262 e. The Morgan fingerprint density at radius 2 is 1.81 bits per heavy atom. The topological polar surface area (TPSA) is 74.1 Å². The van der Waals surface area contributed by atoms with Crippen LogP contribution in [-0.2, 0) is 9.59 Å². The van der Waals surface area contributed by atoms with Gasteiger partial charge in [-0.3, -0.25) is 9.59 Å². The first kappa shape index (κ1) is 23.9. The Morgan fingerprint density at radius 1 is 1.06 bits per heavy atom. The molecule has 0 aromatic heterocycles. The predicted octanol–water partition coefficient (Wildman–Crippen LogP) is 5.45. The Kier molecular flexibility index (Phi) is 6.65. The van der Waals surface area contributed by atoms with E-state index in [1.807, 2.05) is 61.5 Å². The Morgan fingerprint density at radius 3 is 2.53 bits per heavy atom. The monoisotopic (exact) mass is 504 g/mol. The normalized spacial score (nSPS) is 19.3. The second-order valence-electron chi connectivity index (χ2n) is 8.61. The van der Waals surface area contributed by atoms with Crippen molar-refractivity contribution in [3.05, 3.63) is 101 Å². The molecular weight excluding hydrogens is 482 g/mol. The number of carbonyl (C=O) groups excluding carboxylic acids is 2. The molecule has 0 unspecified atom stereocenters. The van der Waals surface area contributed by atoms with Crippen molar-refractivity contribution in [3.8, 4) is 0 Å². The van der Waals surface area contributed by atoms with Crippen LogP contribution in [-0.4, -0.2) is 33.0 Å². The summed E-state index contributed by atoms with van der Waals surface area (Å²) >= 11 is 1.18. The quantitative estimate of drug-likeness (QED) is 0.501. The summed E-state index contributed by atoms with van der Waals surface area (Å²) < 4.78 is 26.6. The molecule has 5 rings (SSSR count). The van der Waals surface area contributed by atoms with Crippen LogP contribution < -0.4 is 5.32 Å². The number of amides is 2. The lowest BCUT2D eigenvalue weighted by Gasteiger charge is -2.23. The number of nitrogens with one attached hydrogen (secondary N) is 1. The number of thioether (sulfide) groups is 1. The highest BCUT2D eigenvalue weighted by atomic mass is 32.2. The molecule has 0 aliphatic carbocycles. The molecular formula is C27H22F2N4O2S. The zero-order valence-electron chi connectivity index (χ0n) is 19.3. The Labute approximate surface area is 211 Å². The SMILES string of the molecule is Cc1ccc(C2=NN(C3=NC(=O)[C@@H](CC(=O)Nc4ccc(F)c(F)c4)S3)[C@@H](c3ccccc3)C2)cc1. The van der Waals surface area contributed by atoms with E-state index in [2.05, 4.69) is 10.3 Å². The number of halogens is 2. The van der Waals surface area contributed by atoms with Crippen molar-refractivity contribution in [3.63, 3.8) is 0 Å². The van der Waals surface area contributed by atoms with Crippen LogP contribution in [0.15, 0.2) is 82.9 Å². The number of nitrogens with zero attached hydrogens (tertiary/aromatic N) is 3. The molecule has 0 saturated carbocycles. The molecule has 0 fully saturated rings. The lowest BCUT2D eigenvalue weighted by atomic mass is 9.98. The maximum absolute atomic E-state index is 13.5. The van der Waals surface area contributed by atoms with Crippen molar-refractivity contribution in [2.75, 3.05) is 5.32 Å². The summed E-state index contributed by atoms with van der Waals surface area (Å²) in [6, 6.07) is 21.0. The van der Waals surface area contributed by atoms with Crippen molar-refractivity contribution in [2.45, 2.75) is 31.1 Å². The fraction of sp³-hybridized carbons (Fsp3) is 0.185. The minimum absolute atomic E-state index is 0.117. The van der Waals surface area contributed by atoms with E-state index >= 15 is 0 Å². The van der Waals surface area contributed by atoms with Gasteiger partial charge in [0, 0.05) is 24.6 Å². The first-order chi connectivity index (χ1) is 17.4. The van der Waals surface area contributed by atoms with Gasteiger partial charge in [0.2, 0.25) is 5.91 Å². The average Bonchev–Trinajstić information content (AvgIpc) is 3.46. The fourth-order valence-electron chi connectivity index (χ4n) is 4.10. The molecule has 0 radical (unpaired) electrons. The van der Waals surface area contributed by atoms with Gasteiger partial charge < -0.3 is 5.32 Å². The van der Waals surface area contributed by atoms with Crippen molar-refractivity contribution < 1.29 is 18.4 Å². The van der Waals surface area contributed by atoms with Gasteiger partial charge in [-0.1, -0.05) is 71.9 Å². The Balaban J connectivity index is 1.33. The summed E-state index contributed by atoms with van der Waals surface area (Å²) in [7, 11) is 0. The van der Waals surface area contributed by atoms with E-state index in [4.69, 9.17) is 5.10 Å². The van der Waals surface area contributed by atoms with Crippen LogP contribution in [0.4, 0.5) is 14.5 Å². The summed E-state index contributed by atoms with van der Waals surface area (Å²) in [5, 5.41) is 8.80. The Hall–Kier alpha value is -3.85. The molecule has 0 spiro atoms. The third-order valence-electron chi connectivity index (χ3n) is 5.98. The van der Waals surface area contributed by atoms with Gasteiger partial charge in [0.1, 0.15) is 5.25 Å². The van der Waals surface area contributed by atoms with Gasteiger partial charge in [-0.05, 0) is 30.2 Å². The number of aliphatic imine (C=N–C) groups is 1. The third kappa shape index (κ3) is 5.06. The van der Waals surface area contributed by atoms with Gasteiger partial charge in [0.15, 0.2) is 16.8 Å². The minimum Gasteiger partial charge on any atom is -0.326 e. The van der Waals surface area contributed by atoms with Gasteiger partial charge in [0.25, 0.3) is 5.91 Å². The largest absolute Gasteiger partial charge is 0.326 e. The van der Waals surface area contributed by atoms with Gasteiger partial charge in [0.05, 0.1) is 11.8 Å². The highest BCUT2D eigenvalue weighted by Gasteiger charge is 2.39. The number of amidine groups is 1. The van der Waals surface area contributed by atoms with Crippen LogP contribution in [0.25, 0.3) is 0 Å². The number of anilines is 1. The zero-order valence-corrected chi connectivity index (χ0v) is 20.1. The van der Waals surface area contributed by atoms with E-state index in [1.54, 1.807) is 5.01 Å². The predicted molar refractivity (Wildman–Crippen MR) is 137 cm³/mol. The number of aryl methyl sites for hydroxylation is 1. The molecule has 2 atom stereocenters. The Bertz CT molecular complexity index is 1380. The van der Waals surface area contributed by atoms with Gasteiger partial charge in [-0.25, -0.2) is 13.8 Å². The molecule has 6 nitrogen and oxygen atoms in total. The summed E-state index contributed by atoms with van der Waals surface area (Å²) in [5.41, 5.74) is 4.20. The second-order valence-corrected chi connectivity index (χ2v) is 9.78. The number of hydrazone groups is 1. The van der Waals surface area contributed by atoms with E-state index in [0.717, 1.165) is 34.5 Å². The number of hydrogen-bond donors (Lipinski definition) is 1. The van der Waals surface area contributed by atoms with E-state index in [1.165, 1.54) is 17.8 Å². The molecule has 2 aliphatic rings. The van der Waals surface area contributed by atoms with E-state index in [-0.39, 0.29) is 18.2 Å². The van der Waals surface area contributed by atoms with Crippen LogP contribution in [0.2, 0.25) is 0 Å². The standard InChI is InChI=1S/C27H22F2N4O2S/c1-16-7-9-17(10-8-16)22-14-23(18-5-3-2-4-6-18)33(32-22)27-31-26(35)24(36-27)15-25(34)30-19-11-12-20(28)21(29)13-19/h2-13,23-24H,14-15H2,1H3,(H,30,34)/t23-,24-/m1/s1. The van der Waals surface area contributed by atoms with Crippen LogP contribution in [0.3, 0.4) is 0 Å². The van der Waals surface area contributed by atoms with Crippen LogP contribution in [0.5, 0.6) is 0 Å². The average molecular weight is 505 g/mol. The third-order valence-corrected chi connectivity index (χ3v) is 7.12. The van der Waals surface area contributed by atoms with Crippen LogP contribution >= 0.6 is 11.8 Å². The number of rotatable bonds is 5. The van der Waals surface area contributed by atoms with E-state index < -0.39 is 28.7 Å². The molecule has 36 heavy (non-hydrogen) atoms. The fourth-order valence-corrected chi connectivity index (χ4v) is 5.16. The molecule has 182 valence electrons. The van der Waals surface area contributed by atoms with Crippen molar-refractivity contribution in [1.29, 1.82) is 0 Å². The van der Waals surface area contributed by atoms with Crippen LogP contribution in [0, 0.1) is 18.6 Å². The first-order valence-electron chi connectivity index (χ1n) is 11.4. The lowest BCUT2D eigenvalue weighted by Crippen LogP contribution is -2.25. The maximum atomic E-state index is 13.5. The van der Waals surface area contributed by atoms with Crippen molar-refractivity contribution >= 4 is 40.1 Å². The molecule has 2 heterocycles. The van der Waals surface area contributed by atoms with E-state index in [9.17, 15) is 18.4 Å². The van der Waals surface area contributed by atoms with Gasteiger partial charge in [-0.2, -0.15) is 10.1 Å². The van der Waals surface area contributed by atoms with Gasteiger partial charge >= 0.3 is 0 Å². The first-order valence-corrected chi connectivity index (χ1v) is 12.3. The molecule has 2 amide bonds.